The second-order valence-electron chi connectivity index (χ2n) is 5.99. The molecule has 0 aromatic heterocycles. The molecule has 1 amide bonds. The molecule has 1 rings (SSSR count). The van der Waals surface area contributed by atoms with Crippen molar-refractivity contribution in [3.05, 3.63) is 40.0 Å². The van der Waals surface area contributed by atoms with Crippen molar-refractivity contribution < 1.29 is 28.7 Å². The van der Waals surface area contributed by atoms with E-state index in [0.717, 1.165) is 12.8 Å². The molecule has 0 saturated heterocycles. The summed E-state index contributed by atoms with van der Waals surface area (Å²) in [6.07, 6.45) is 2.17. The number of carbonyl (C=O) groups excluding carboxylic acids is 2. The van der Waals surface area contributed by atoms with Gasteiger partial charge in [-0.2, -0.15) is 0 Å². The van der Waals surface area contributed by atoms with Crippen molar-refractivity contribution in [1.82, 2.24) is 5.32 Å². The average molecular weight is 394 g/mol. The van der Waals surface area contributed by atoms with Gasteiger partial charge in [0.15, 0.2) is 11.5 Å². The summed E-state index contributed by atoms with van der Waals surface area (Å²) in [6, 6.07) is 2.47. The fourth-order valence-corrected chi connectivity index (χ4v) is 2.25. The number of hydrogen-bond acceptors (Lipinski definition) is 7. The summed E-state index contributed by atoms with van der Waals surface area (Å²) >= 11 is 0. The molecular weight excluding hydrogens is 368 g/mol. The lowest BCUT2D eigenvalue weighted by Gasteiger charge is -2.13. The standard InChI is InChI=1S/C19H26N2O7/c1-5-6-9-28-17-11-15(21(24)25)14(10-16(17)26-3)19(23)20-12-13(2)7-8-18(22)27-4/h10-11H,2,5-9,12H2,1,3-4H3,(H,20,23). The first-order valence-electron chi connectivity index (χ1n) is 8.84. The van der Waals surface area contributed by atoms with Gasteiger partial charge < -0.3 is 19.5 Å². The number of nitro groups is 1. The number of ether oxygens (including phenoxy) is 3. The zero-order valence-corrected chi connectivity index (χ0v) is 16.4. The van der Waals surface area contributed by atoms with E-state index in [1.807, 2.05) is 6.92 Å². The molecule has 9 heteroatoms. The highest BCUT2D eigenvalue weighted by Gasteiger charge is 2.24. The number of amides is 1. The first kappa shape index (κ1) is 22.9. The molecule has 0 aliphatic rings. The van der Waals surface area contributed by atoms with Crippen LogP contribution in [0.15, 0.2) is 24.3 Å². The van der Waals surface area contributed by atoms with Crippen molar-refractivity contribution in [3.8, 4) is 11.5 Å². The zero-order chi connectivity index (χ0) is 21.1. The highest BCUT2D eigenvalue weighted by molar-refractivity contribution is 5.99. The Bertz CT molecular complexity index is 731. The van der Waals surface area contributed by atoms with Crippen LogP contribution in [0.4, 0.5) is 5.69 Å². The molecule has 1 aromatic rings. The summed E-state index contributed by atoms with van der Waals surface area (Å²) in [7, 11) is 2.68. The van der Waals surface area contributed by atoms with Crippen molar-refractivity contribution in [1.29, 1.82) is 0 Å². The fourth-order valence-electron chi connectivity index (χ4n) is 2.25. The van der Waals surface area contributed by atoms with Gasteiger partial charge in [-0.3, -0.25) is 19.7 Å². The molecule has 0 spiro atoms. The Morgan fingerprint density at radius 1 is 1.21 bits per heavy atom. The van der Waals surface area contributed by atoms with Crippen LogP contribution in [0.1, 0.15) is 43.0 Å². The Kier molecular flexibility index (Phi) is 9.49. The summed E-state index contributed by atoms with van der Waals surface area (Å²) in [5.41, 5.74) is 0.0586. The van der Waals surface area contributed by atoms with E-state index in [1.165, 1.54) is 26.4 Å². The van der Waals surface area contributed by atoms with Crippen molar-refractivity contribution >= 4 is 17.6 Å². The minimum Gasteiger partial charge on any atom is -0.493 e. The van der Waals surface area contributed by atoms with Gasteiger partial charge in [-0.15, -0.1) is 0 Å². The van der Waals surface area contributed by atoms with E-state index < -0.39 is 10.8 Å². The predicted molar refractivity (Wildman–Crippen MR) is 103 cm³/mol. The molecule has 0 atom stereocenters. The smallest absolute Gasteiger partial charge is 0.305 e. The summed E-state index contributed by atoms with van der Waals surface area (Å²) < 4.78 is 15.3. The molecule has 0 unspecified atom stereocenters. The van der Waals surface area contributed by atoms with Gasteiger partial charge in [0.2, 0.25) is 0 Å². The third kappa shape index (κ3) is 6.90. The number of hydrogen-bond donors (Lipinski definition) is 1. The third-order valence-electron chi connectivity index (χ3n) is 3.89. The lowest BCUT2D eigenvalue weighted by atomic mass is 10.1. The first-order valence-corrected chi connectivity index (χ1v) is 8.84. The SMILES string of the molecule is C=C(CCC(=O)OC)CNC(=O)c1cc(OC)c(OCCCC)cc1[N+](=O)[O-]. The largest absolute Gasteiger partial charge is 0.493 e. The summed E-state index contributed by atoms with van der Waals surface area (Å²) in [4.78, 5) is 34.4. The van der Waals surface area contributed by atoms with Crippen LogP contribution in [-0.4, -0.2) is 44.2 Å². The maximum atomic E-state index is 12.5. The van der Waals surface area contributed by atoms with Crippen LogP contribution in [0.3, 0.4) is 0 Å². The fraction of sp³-hybridized carbons (Fsp3) is 0.474. The normalized spacial score (nSPS) is 10.1. The molecular formula is C19H26N2O7. The second-order valence-corrected chi connectivity index (χ2v) is 5.99. The first-order chi connectivity index (χ1) is 13.3. The molecule has 0 bridgehead atoms. The van der Waals surface area contributed by atoms with Crippen molar-refractivity contribution in [2.24, 2.45) is 0 Å². The van der Waals surface area contributed by atoms with E-state index in [1.54, 1.807) is 0 Å². The summed E-state index contributed by atoms with van der Waals surface area (Å²) in [6.45, 7) is 6.23. The Morgan fingerprint density at radius 2 is 1.93 bits per heavy atom. The second kappa shape index (κ2) is 11.6. The van der Waals surface area contributed by atoms with Gasteiger partial charge in [0, 0.05) is 19.0 Å². The van der Waals surface area contributed by atoms with Crippen LogP contribution < -0.4 is 14.8 Å². The van der Waals surface area contributed by atoms with Crippen molar-refractivity contribution in [3.63, 3.8) is 0 Å². The number of nitro benzene ring substituents is 1. The van der Waals surface area contributed by atoms with E-state index in [2.05, 4.69) is 16.6 Å². The number of carbonyl (C=O) groups is 2. The number of benzene rings is 1. The zero-order valence-electron chi connectivity index (χ0n) is 16.4. The Labute approximate surface area is 163 Å². The molecule has 9 nitrogen and oxygen atoms in total. The van der Waals surface area contributed by atoms with Gasteiger partial charge in [-0.25, -0.2) is 0 Å². The third-order valence-corrected chi connectivity index (χ3v) is 3.89. The Hall–Kier alpha value is -3.10. The topological polar surface area (TPSA) is 117 Å². The number of esters is 1. The molecule has 0 saturated carbocycles. The van der Waals surface area contributed by atoms with Crippen LogP contribution in [0.25, 0.3) is 0 Å². The minimum absolute atomic E-state index is 0.0735. The Morgan fingerprint density at radius 3 is 2.50 bits per heavy atom. The number of rotatable bonds is 12. The van der Waals surface area contributed by atoms with E-state index in [0.29, 0.717) is 18.6 Å². The van der Waals surface area contributed by atoms with Gasteiger partial charge in [-0.05, 0) is 12.8 Å². The lowest BCUT2D eigenvalue weighted by Crippen LogP contribution is -2.26. The molecule has 1 N–H and O–H groups in total. The quantitative estimate of drug-likeness (QED) is 0.190. The minimum atomic E-state index is -0.649. The van der Waals surface area contributed by atoms with Gasteiger partial charge in [0.1, 0.15) is 5.56 Å². The van der Waals surface area contributed by atoms with E-state index in [9.17, 15) is 19.7 Å². The van der Waals surface area contributed by atoms with Crippen LogP contribution in [0, 0.1) is 10.1 Å². The Balaban J connectivity index is 2.92. The number of nitrogens with one attached hydrogen (secondary N) is 1. The number of nitrogens with zero attached hydrogens (tertiary/aromatic N) is 1. The molecule has 154 valence electrons. The number of unbranched alkanes of at least 4 members (excludes halogenated alkanes) is 1. The van der Waals surface area contributed by atoms with Gasteiger partial charge in [0.25, 0.3) is 11.6 Å². The summed E-state index contributed by atoms with van der Waals surface area (Å²) in [5.74, 6) is -0.589. The molecule has 28 heavy (non-hydrogen) atoms. The van der Waals surface area contributed by atoms with Crippen LogP contribution in [0.2, 0.25) is 0 Å². The molecule has 0 aliphatic carbocycles. The summed E-state index contributed by atoms with van der Waals surface area (Å²) in [5, 5.41) is 14.0. The maximum Gasteiger partial charge on any atom is 0.305 e. The molecule has 0 aliphatic heterocycles. The van der Waals surface area contributed by atoms with Crippen LogP contribution in [-0.2, 0) is 9.53 Å². The van der Waals surface area contributed by atoms with Gasteiger partial charge in [-0.1, -0.05) is 25.5 Å². The van der Waals surface area contributed by atoms with Gasteiger partial charge >= 0.3 is 5.97 Å². The molecule has 0 fully saturated rings. The molecule has 0 heterocycles. The van der Waals surface area contributed by atoms with E-state index >= 15 is 0 Å². The highest BCUT2D eigenvalue weighted by atomic mass is 16.6. The predicted octanol–water partition coefficient (Wildman–Crippen LogP) is 3.02. The monoisotopic (exact) mass is 394 g/mol. The van der Waals surface area contributed by atoms with E-state index in [4.69, 9.17) is 9.47 Å². The van der Waals surface area contributed by atoms with Crippen molar-refractivity contribution in [2.75, 3.05) is 27.4 Å². The number of methoxy groups -OCH3 is 2. The lowest BCUT2D eigenvalue weighted by molar-refractivity contribution is -0.385. The highest BCUT2D eigenvalue weighted by Crippen LogP contribution is 2.35. The van der Waals surface area contributed by atoms with Gasteiger partial charge in [0.05, 0.1) is 31.8 Å². The average Bonchev–Trinajstić information content (AvgIpc) is 2.69. The van der Waals surface area contributed by atoms with Crippen LogP contribution in [0.5, 0.6) is 11.5 Å². The van der Waals surface area contributed by atoms with Crippen molar-refractivity contribution in [2.45, 2.75) is 32.6 Å². The maximum absolute atomic E-state index is 12.5. The van der Waals surface area contributed by atoms with Crippen LogP contribution >= 0.6 is 0 Å². The molecule has 1 aromatic carbocycles. The van der Waals surface area contributed by atoms with E-state index in [-0.39, 0.29) is 41.7 Å². The molecule has 0 radical (unpaired) electrons.